The molecule has 0 aromatic carbocycles. The van der Waals surface area contributed by atoms with Crippen LogP contribution in [-0.2, 0) is 0 Å². The van der Waals surface area contributed by atoms with Gasteiger partial charge in [0.2, 0.25) is 0 Å². The highest BCUT2D eigenvalue weighted by Gasteiger charge is 2.46. The van der Waals surface area contributed by atoms with E-state index in [0.717, 1.165) is 17.9 Å². The van der Waals surface area contributed by atoms with Crippen molar-refractivity contribution < 1.29 is 0 Å². The fraction of sp³-hybridized carbons (Fsp3) is 0.727. The number of thioether (sulfide) groups is 1. The molecule has 3 heteroatoms. The van der Waals surface area contributed by atoms with Gasteiger partial charge in [0.05, 0.1) is 6.07 Å². The third-order valence-corrected chi connectivity index (χ3v) is 4.21. The molecular weight excluding hydrogens is 192 g/mol. The molecule has 0 aliphatic carbocycles. The second kappa shape index (κ2) is 4.37. The van der Waals surface area contributed by atoms with Gasteiger partial charge in [-0.2, -0.15) is 17.0 Å². The molecule has 1 fully saturated rings. The molecule has 0 saturated carbocycles. The highest BCUT2D eigenvalue weighted by Crippen LogP contribution is 2.41. The van der Waals surface area contributed by atoms with Crippen LogP contribution in [0.3, 0.4) is 0 Å². The second-order valence-corrected chi connectivity index (χ2v) is 5.48. The zero-order valence-corrected chi connectivity index (χ0v) is 9.78. The van der Waals surface area contributed by atoms with E-state index in [1.807, 2.05) is 17.8 Å². The van der Waals surface area contributed by atoms with Gasteiger partial charge in [0.1, 0.15) is 5.54 Å². The van der Waals surface area contributed by atoms with E-state index in [9.17, 15) is 5.26 Å². The molecule has 0 spiro atoms. The zero-order chi connectivity index (χ0) is 10.7. The maximum absolute atomic E-state index is 9.34. The van der Waals surface area contributed by atoms with Crippen molar-refractivity contribution in [1.29, 1.82) is 5.26 Å². The standard InChI is InChI=1S/C11H18N2S/c1-4-6-13-11(8-12)9-14-7-5-10(11,2)3/h4,13H,1,5-7,9H2,2-3H3. The largest absolute Gasteiger partial charge is 0.295 e. The predicted molar refractivity (Wildman–Crippen MR) is 62.3 cm³/mol. The third kappa shape index (κ3) is 1.97. The molecule has 1 heterocycles. The maximum Gasteiger partial charge on any atom is 0.121 e. The molecular formula is C11H18N2S. The van der Waals surface area contributed by atoms with Crippen molar-refractivity contribution >= 4 is 11.8 Å². The van der Waals surface area contributed by atoms with Crippen LogP contribution in [0.1, 0.15) is 20.3 Å². The molecule has 1 rings (SSSR count). The van der Waals surface area contributed by atoms with Gasteiger partial charge in [-0.3, -0.25) is 5.32 Å². The van der Waals surface area contributed by atoms with Crippen molar-refractivity contribution in [3.63, 3.8) is 0 Å². The van der Waals surface area contributed by atoms with Crippen molar-refractivity contribution in [2.24, 2.45) is 5.41 Å². The Kier molecular flexibility index (Phi) is 3.63. The fourth-order valence-electron chi connectivity index (χ4n) is 1.72. The first-order valence-corrected chi connectivity index (χ1v) is 6.08. The Morgan fingerprint density at radius 1 is 1.64 bits per heavy atom. The average Bonchev–Trinajstić information content (AvgIpc) is 2.16. The van der Waals surface area contributed by atoms with E-state index in [-0.39, 0.29) is 11.0 Å². The molecule has 14 heavy (non-hydrogen) atoms. The minimum Gasteiger partial charge on any atom is -0.295 e. The summed E-state index contributed by atoms with van der Waals surface area (Å²) >= 11 is 1.86. The maximum atomic E-state index is 9.34. The predicted octanol–water partition coefficient (Wildman–Crippen LogP) is 2.19. The molecule has 1 unspecified atom stereocenters. The topological polar surface area (TPSA) is 35.8 Å². The van der Waals surface area contributed by atoms with Gasteiger partial charge >= 0.3 is 0 Å². The molecule has 0 bridgehead atoms. The van der Waals surface area contributed by atoms with Crippen LogP contribution in [0.4, 0.5) is 0 Å². The summed E-state index contributed by atoms with van der Waals surface area (Å²) in [6.07, 6.45) is 2.91. The van der Waals surface area contributed by atoms with Crippen molar-refractivity contribution in [3.05, 3.63) is 12.7 Å². The van der Waals surface area contributed by atoms with E-state index in [0.29, 0.717) is 6.54 Å². The van der Waals surface area contributed by atoms with E-state index in [1.54, 1.807) is 0 Å². The molecule has 0 radical (unpaired) electrons. The van der Waals surface area contributed by atoms with Gasteiger partial charge < -0.3 is 0 Å². The van der Waals surface area contributed by atoms with E-state index in [4.69, 9.17) is 0 Å². The van der Waals surface area contributed by atoms with Crippen molar-refractivity contribution in [2.45, 2.75) is 25.8 Å². The number of hydrogen-bond acceptors (Lipinski definition) is 3. The van der Waals surface area contributed by atoms with E-state index >= 15 is 0 Å². The number of nitriles is 1. The SMILES string of the molecule is C=CCNC1(C#N)CSCCC1(C)C. The molecule has 1 aliphatic heterocycles. The van der Waals surface area contributed by atoms with Crippen LogP contribution in [0.5, 0.6) is 0 Å². The molecule has 0 amide bonds. The van der Waals surface area contributed by atoms with Crippen LogP contribution >= 0.6 is 11.8 Å². The molecule has 1 atom stereocenters. The Morgan fingerprint density at radius 3 is 2.86 bits per heavy atom. The number of hydrogen-bond donors (Lipinski definition) is 1. The summed E-state index contributed by atoms with van der Waals surface area (Å²) < 4.78 is 0. The first-order valence-electron chi connectivity index (χ1n) is 4.93. The van der Waals surface area contributed by atoms with Crippen LogP contribution in [-0.4, -0.2) is 23.6 Å². The lowest BCUT2D eigenvalue weighted by Gasteiger charge is -2.45. The first kappa shape index (κ1) is 11.6. The highest BCUT2D eigenvalue weighted by atomic mass is 32.2. The van der Waals surface area contributed by atoms with Gasteiger partial charge in [-0.05, 0) is 17.6 Å². The summed E-state index contributed by atoms with van der Waals surface area (Å²) in [5.41, 5.74) is -0.333. The van der Waals surface area contributed by atoms with Crippen LogP contribution < -0.4 is 5.32 Å². The molecule has 78 valence electrons. The molecule has 1 N–H and O–H groups in total. The Morgan fingerprint density at radius 2 is 2.36 bits per heavy atom. The van der Waals surface area contributed by atoms with Crippen LogP contribution in [0, 0.1) is 16.7 Å². The quantitative estimate of drug-likeness (QED) is 0.725. The van der Waals surface area contributed by atoms with Gasteiger partial charge in [-0.1, -0.05) is 19.9 Å². The smallest absolute Gasteiger partial charge is 0.121 e. The lowest BCUT2D eigenvalue weighted by atomic mass is 9.71. The average molecular weight is 210 g/mol. The van der Waals surface area contributed by atoms with Gasteiger partial charge in [-0.25, -0.2) is 0 Å². The van der Waals surface area contributed by atoms with E-state index in [1.165, 1.54) is 0 Å². The lowest BCUT2D eigenvalue weighted by Crippen LogP contribution is -2.59. The minimum atomic E-state index is -0.385. The Hall–Kier alpha value is -0.460. The van der Waals surface area contributed by atoms with Gasteiger partial charge in [0.25, 0.3) is 0 Å². The third-order valence-electron chi connectivity index (χ3n) is 3.08. The fourth-order valence-corrected chi connectivity index (χ4v) is 3.38. The van der Waals surface area contributed by atoms with Crippen LogP contribution in [0.2, 0.25) is 0 Å². The summed E-state index contributed by atoms with van der Waals surface area (Å²) in [4.78, 5) is 0. The van der Waals surface area contributed by atoms with Gasteiger partial charge in [0.15, 0.2) is 0 Å². The van der Waals surface area contributed by atoms with Crippen molar-refractivity contribution in [2.75, 3.05) is 18.1 Å². The highest BCUT2D eigenvalue weighted by molar-refractivity contribution is 7.99. The molecule has 1 aliphatic rings. The Labute approximate surface area is 90.8 Å². The zero-order valence-electron chi connectivity index (χ0n) is 8.97. The van der Waals surface area contributed by atoms with Gasteiger partial charge in [-0.15, -0.1) is 6.58 Å². The molecule has 0 aromatic rings. The van der Waals surface area contributed by atoms with Crippen molar-refractivity contribution in [1.82, 2.24) is 5.32 Å². The molecule has 1 saturated heterocycles. The van der Waals surface area contributed by atoms with E-state index in [2.05, 4.69) is 31.8 Å². The minimum absolute atomic E-state index is 0.0516. The Balaban J connectivity index is 2.84. The normalized spacial score (nSPS) is 30.6. The van der Waals surface area contributed by atoms with E-state index < -0.39 is 0 Å². The number of nitrogens with one attached hydrogen (secondary N) is 1. The van der Waals surface area contributed by atoms with Crippen LogP contribution in [0.15, 0.2) is 12.7 Å². The molecule has 2 nitrogen and oxygen atoms in total. The molecule has 0 aromatic heterocycles. The summed E-state index contributed by atoms with van der Waals surface area (Å²) in [6.45, 7) is 8.73. The number of nitrogens with zero attached hydrogens (tertiary/aromatic N) is 1. The summed E-state index contributed by atoms with van der Waals surface area (Å²) in [5, 5.41) is 12.7. The second-order valence-electron chi connectivity index (χ2n) is 4.37. The summed E-state index contributed by atoms with van der Waals surface area (Å²) in [6, 6.07) is 2.46. The van der Waals surface area contributed by atoms with Crippen molar-refractivity contribution in [3.8, 4) is 6.07 Å². The Bertz CT molecular complexity index is 255. The summed E-state index contributed by atoms with van der Waals surface area (Å²) in [5.74, 6) is 2.04. The summed E-state index contributed by atoms with van der Waals surface area (Å²) in [7, 11) is 0. The first-order chi connectivity index (χ1) is 6.58. The monoisotopic (exact) mass is 210 g/mol. The lowest BCUT2D eigenvalue weighted by molar-refractivity contribution is 0.188. The van der Waals surface area contributed by atoms with Crippen LogP contribution in [0.25, 0.3) is 0 Å². The van der Waals surface area contributed by atoms with Gasteiger partial charge in [0, 0.05) is 12.3 Å². The number of rotatable bonds is 3.